The zero-order valence-corrected chi connectivity index (χ0v) is 18.8. The number of rotatable bonds is 17. The molecule has 8 nitrogen and oxygen atoms in total. The van der Waals surface area contributed by atoms with Gasteiger partial charge in [-0.1, -0.05) is 70.1 Å². The number of unbranched alkanes of at least 4 members (excludes halogenated alkanes) is 6. The number of carboxylic acid groups (broad SMARTS) is 2. The van der Waals surface area contributed by atoms with E-state index in [2.05, 4.69) is 6.92 Å². The highest BCUT2D eigenvalue weighted by Gasteiger charge is 2.58. The molecule has 0 amide bonds. The molecule has 0 aromatic heterocycles. The van der Waals surface area contributed by atoms with E-state index < -0.39 is 39.1 Å². The summed E-state index contributed by atoms with van der Waals surface area (Å²) in [5, 5.41) is 19.4. The molecule has 1 aromatic rings. The van der Waals surface area contributed by atoms with Crippen LogP contribution in [0.1, 0.15) is 71.1 Å². The average Bonchev–Trinajstić information content (AvgIpc) is 2.70. The molecule has 0 aliphatic heterocycles. The molecule has 176 valence electrons. The van der Waals surface area contributed by atoms with Gasteiger partial charge in [-0.25, -0.2) is 0 Å². The van der Waals surface area contributed by atoms with Gasteiger partial charge in [0.1, 0.15) is 5.75 Å². The molecule has 9 heteroatoms. The Labute approximate surface area is 184 Å². The van der Waals surface area contributed by atoms with Gasteiger partial charge in [0.15, 0.2) is 0 Å². The number of aliphatic carboxylic acids is 2. The lowest BCUT2D eigenvalue weighted by Crippen LogP contribution is -2.55. The van der Waals surface area contributed by atoms with E-state index in [1.807, 2.05) is 0 Å². The van der Waals surface area contributed by atoms with Crippen molar-refractivity contribution >= 4 is 22.1 Å². The summed E-state index contributed by atoms with van der Waals surface area (Å²) >= 11 is 0. The molecule has 0 aliphatic carbocycles. The zero-order chi connectivity index (χ0) is 23.3. The molecule has 0 fully saturated rings. The molecule has 0 saturated carbocycles. The number of hydrogen-bond acceptors (Lipinski definition) is 5. The molecule has 0 aliphatic rings. The summed E-state index contributed by atoms with van der Waals surface area (Å²) in [5.74, 6) is -4.64. The van der Waals surface area contributed by atoms with Crippen LogP contribution in [0.25, 0.3) is 0 Å². The van der Waals surface area contributed by atoms with E-state index >= 15 is 0 Å². The molecule has 31 heavy (non-hydrogen) atoms. The summed E-state index contributed by atoms with van der Waals surface area (Å²) in [5.41, 5.74) is 0. The van der Waals surface area contributed by atoms with Gasteiger partial charge in [0, 0.05) is 0 Å². The van der Waals surface area contributed by atoms with E-state index in [-0.39, 0.29) is 19.4 Å². The largest absolute Gasteiger partial charge is 0.494 e. The highest BCUT2D eigenvalue weighted by molar-refractivity contribution is 7.88. The molecule has 0 bridgehead atoms. The molecule has 0 spiro atoms. The quantitative estimate of drug-likeness (QED) is 0.231. The maximum atomic E-state index is 12.2. The SMILES string of the molecule is CCCCCCCCCC(C(=O)O)C(CCCOc1ccccc1)(C(=O)O)S(=O)(=O)O. The highest BCUT2D eigenvalue weighted by Crippen LogP contribution is 2.36. The van der Waals surface area contributed by atoms with Crippen LogP contribution in [0, 0.1) is 5.92 Å². The van der Waals surface area contributed by atoms with Gasteiger partial charge in [-0.15, -0.1) is 0 Å². The van der Waals surface area contributed by atoms with E-state index in [0.717, 1.165) is 32.1 Å². The number of carbonyl (C=O) groups is 2. The van der Waals surface area contributed by atoms with Crippen molar-refractivity contribution in [2.45, 2.75) is 75.9 Å². The normalized spacial score (nSPS) is 14.5. The first-order chi connectivity index (χ1) is 14.7. The summed E-state index contributed by atoms with van der Waals surface area (Å²) in [6, 6.07) is 8.67. The van der Waals surface area contributed by atoms with Crippen molar-refractivity contribution < 1.29 is 37.5 Å². The molecule has 2 unspecified atom stereocenters. The van der Waals surface area contributed by atoms with Crippen LogP contribution in [0.3, 0.4) is 0 Å². The maximum absolute atomic E-state index is 12.2. The first kappa shape index (κ1) is 26.9. The Bertz CT molecular complexity index is 778. The van der Waals surface area contributed by atoms with E-state index in [4.69, 9.17) is 4.74 Å². The van der Waals surface area contributed by atoms with Gasteiger partial charge >= 0.3 is 11.9 Å². The molecule has 1 aromatic carbocycles. The Hall–Kier alpha value is -2.13. The van der Waals surface area contributed by atoms with Crippen molar-refractivity contribution in [3.8, 4) is 5.75 Å². The average molecular weight is 459 g/mol. The van der Waals surface area contributed by atoms with Crippen LogP contribution in [0.2, 0.25) is 0 Å². The lowest BCUT2D eigenvalue weighted by Gasteiger charge is -2.32. The molecule has 0 heterocycles. The van der Waals surface area contributed by atoms with Crippen LogP contribution in [0.5, 0.6) is 5.75 Å². The molecular formula is C22H34O8S. The minimum atomic E-state index is -5.21. The number of para-hydroxylation sites is 1. The highest BCUT2D eigenvalue weighted by atomic mass is 32.2. The molecule has 2 atom stereocenters. The smallest absolute Gasteiger partial charge is 0.328 e. The summed E-state index contributed by atoms with van der Waals surface area (Å²) in [7, 11) is -5.21. The number of benzene rings is 1. The zero-order valence-electron chi connectivity index (χ0n) is 18.0. The van der Waals surface area contributed by atoms with E-state index in [9.17, 15) is 32.8 Å². The molecular weight excluding hydrogens is 424 g/mol. The van der Waals surface area contributed by atoms with Gasteiger partial charge in [0.25, 0.3) is 10.1 Å². The van der Waals surface area contributed by atoms with E-state index in [0.29, 0.717) is 18.6 Å². The van der Waals surface area contributed by atoms with E-state index in [1.165, 1.54) is 0 Å². The topological polar surface area (TPSA) is 138 Å². The molecule has 0 radical (unpaired) electrons. The second-order valence-corrected chi connectivity index (χ2v) is 9.41. The third-order valence-electron chi connectivity index (χ3n) is 5.48. The molecule has 3 N–H and O–H groups in total. The fourth-order valence-electron chi connectivity index (χ4n) is 3.75. The second kappa shape index (κ2) is 13.3. The Morgan fingerprint density at radius 1 is 0.968 bits per heavy atom. The van der Waals surface area contributed by atoms with Gasteiger partial charge in [-0.05, 0) is 31.4 Å². The van der Waals surface area contributed by atoms with Gasteiger partial charge < -0.3 is 14.9 Å². The van der Waals surface area contributed by atoms with Crippen LogP contribution < -0.4 is 4.74 Å². The lowest BCUT2D eigenvalue weighted by atomic mass is 9.83. The first-order valence-corrected chi connectivity index (χ1v) is 12.2. The number of hydrogen-bond donors (Lipinski definition) is 3. The van der Waals surface area contributed by atoms with Crippen molar-refractivity contribution in [3.05, 3.63) is 30.3 Å². The fourth-order valence-corrected chi connectivity index (χ4v) is 4.95. The third-order valence-corrected chi connectivity index (χ3v) is 7.07. The number of ether oxygens (including phenoxy) is 1. The minimum absolute atomic E-state index is 0.0155. The van der Waals surface area contributed by atoms with Crippen molar-refractivity contribution in [3.63, 3.8) is 0 Å². The number of carboxylic acids is 2. The van der Waals surface area contributed by atoms with Gasteiger partial charge in [-0.3, -0.25) is 14.1 Å². The second-order valence-electron chi connectivity index (χ2n) is 7.74. The van der Waals surface area contributed by atoms with Crippen LogP contribution in [-0.2, 0) is 19.7 Å². The third kappa shape index (κ3) is 8.14. The van der Waals surface area contributed by atoms with Crippen molar-refractivity contribution in [1.82, 2.24) is 0 Å². The predicted molar refractivity (Wildman–Crippen MR) is 117 cm³/mol. The summed E-state index contributed by atoms with van der Waals surface area (Å²) in [6.07, 6.45) is 5.43. The molecule has 0 saturated heterocycles. The minimum Gasteiger partial charge on any atom is -0.494 e. The summed E-state index contributed by atoms with van der Waals surface area (Å²) in [4.78, 5) is 23.9. The predicted octanol–water partition coefficient (Wildman–Crippen LogP) is 4.40. The first-order valence-electron chi connectivity index (χ1n) is 10.8. The Morgan fingerprint density at radius 2 is 1.55 bits per heavy atom. The Morgan fingerprint density at radius 3 is 2.06 bits per heavy atom. The van der Waals surface area contributed by atoms with Crippen molar-refractivity contribution in [1.29, 1.82) is 0 Å². The lowest BCUT2D eigenvalue weighted by molar-refractivity contribution is -0.152. The van der Waals surface area contributed by atoms with Crippen LogP contribution in [0.15, 0.2) is 30.3 Å². The standard InChI is InChI=1S/C22H34O8S/c1-2-3-4-5-6-7-11-15-19(20(23)24)22(21(25)26,31(27,28)29)16-12-17-30-18-13-9-8-10-14-18/h8-10,13-14,19H,2-7,11-12,15-17H2,1H3,(H,23,24)(H,25,26)(H,27,28,29). The van der Waals surface area contributed by atoms with Crippen molar-refractivity contribution in [2.24, 2.45) is 5.92 Å². The van der Waals surface area contributed by atoms with E-state index in [1.54, 1.807) is 30.3 Å². The summed E-state index contributed by atoms with van der Waals surface area (Å²) in [6.45, 7) is 2.08. The molecule has 1 rings (SSSR count). The van der Waals surface area contributed by atoms with Gasteiger partial charge in [-0.2, -0.15) is 8.42 Å². The fraction of sp³-hybridized carbons (Fsp3) is 0.636. The van der Waals surface area contributed by atoms with Crippen LogP contribution in [-0.4, -0.2) is 46.5 Å². The Balaban J connectivity index is 2.86. The Kier molecular flexibility index (Phi) is 11.6. The van der Waals surface area contributed by atoms with Crippen LogP contribution in [0.4, 0.5) is 0 Å². The van der Waals surface area contributed by atoms with Crippen molar-refractivity contribution in [2.75, 3.05) is 6.61 Å². The van der Waals surface area contributed by atoms with Gasteiger partial charge in [0.2, 0.25) is 4.75 Å². The van der Waals surface area contributed by atoms with Crippen LogP contribution >= 0.6 is 0 Å². The monoisotopic (exact) mass is 458 g/mol. The van der Waals surface area contributed by atoms with Gasteiger partial charge in [0.05, 0.1) is 12.5 Å². The summed E-state index contributed by atoms with van der Waals surface area (Å²) < 4.78 is 36.8. The maximum Gasteiger partial charge on any atom is 0.328 e.